The molecule has 0 fully saturated rings. The van der Waals surface area contributed by atoms with Gasteiger partial charge in [0.25, 0.3) is 0 Å². The van der Waals surface area contributed by atoms with Gasteiger partial charge >= 0.3 is 0 Å². The quantitative estimate of drug-likeness (QED) is 0.752. The van der Waals surface area contributed by atoms with E-state index < -0.39 is 0 Å². The van der Waals surface area contributed by atoms with Crippen LogP contribution in [0.3, 0.4) is 0 Å². The van der Waals surface area contributed by atoms with Gasteiger partial charge < -0.3 is 0 Å². The smallest absolute Gasteiger partial charge is 0.157 e. The topological polar surface area (TPSA) is 43.6 Å². The molecule has 0 aromatic carbocycles. The summed E-state index contributed by atoms with van der Waals surface area (Å²) in [5.74, 6) is 1.99. The maximum atomic E-state index is 5.81. The van der Waals surface area contributed by atoms with Gasteiger partial charge in [0.2, 0.25) is 0 Å². The fourth-order valence-electron chi connectivity index (χ4n) is 1.56. The van der Waals surface area contributed by atoms with Crippen molar-refractivity contribution in [3.63, 3.8) is 0 Å². The Labute approximate surface area is 99.3 Å². The van der Waals surface area contributed by atoms with Crippen molar-refractivity contribution in [2.24, 2.45) is 0 Å². The average Bonchev–Trinajstić information content (AvgIpc) is 2.58. The Morgan fingerprint density at radius 2 is 2.00 bits per heavy atom. The molecule has 2 aromatic rings. The Hall–Kier alpha value is -1.42. The molecule has 0 N–H and O–H groups in total. The predicted octanol–water partition coefficient (Wildman–Crippen LogP) is 2.33. The number of hydrogen-bond acceptors (Lipinski definition) is 3. The number of rotatable bonds is 2. The standard InChI is InChI=1S/C11H13ClN4/c1-7-4-11(14-9(3)13-7)16-6-10(5-12)8(2)15-16/h4,6H,5H2,1-3H3. The van der Waals surface area contributed by atoms with Crippen LogP contribution in [0.25, 0.3) is 5.82 Å². The highest BCUT2D eigenvalue weighted by Crippen LogP contribution is 2.12. The molecule has 0 amide bonds. The van der Waals surface area contributed by atoms with E-state index in [1.165, 1.54) is 0 Å². The van der Waals surface area contributed by atoms with Gasteiger partial charge in [0.15, 0.2) is 5.82 Å². The van der Waals surface area contributed by atoms with Gasteiger partial charge in [-0.1, -0.05) is 0 Å². The summed E-state index contributed by atoms with van der Waals surface area (Å²) >= 11 is 5.81. The van der Waals surface area contributed by atoms with Crippen molar-refractivity contribution in [1.29, 1.82) is 0 Å². The Bertz CT molecular complexity index is 498. The molecule has 2 aromatic heterocycles. The lowest BCUT2D eigenvalue weighted by atomic mass is 10.3. The van der Waals surface area contributed by atoms with Crippen molar-refractivity contribution < 1.29 is 0 Å². The molecule has 0 spiro atoms. The predicted molar refractivity (Wildman–Crippen MR) is 62.9 cm³/mol. The first-order valence-corrected chi connectivity index (χ1v) is 5.57. The van der Waals surface area contributed by atoms with Gasteiger partial charge in [-0.25, -0.2) is 14.6 Å². The minimum absolute atomic E-state index is 0.467. The van der Waals surface area contributed by atoms with Crippen molar-refractivity contribution in [2.75, 3.05) is 0 Å². The molecule has 5 heteroatoms. The van der Waals surface area contributed by atoms with Crippen LogP contribution in [-0.2, 0) is 5.88 Å². The zero-order chi connectivity index (χ0) is 11.7. The summed E-state index contributed by atoms with van der Waals surface area (Å²) in [5.41, 5.74) is 2.89. The normalized spacial score (nSPS) is 10.8. The SMILES string of the molecule is Cc1cc(-n2cc(CCl)c(C)n2)nc(C)n1. The fraction of sp³-hybridized carbons (Fsp3) is 0.364. The van der Waals surface area contributed by atoms with Crippen LogP contribution >= 0.6 is 11.6 Å². The monoisotopic (exact) mass is 236 g/mol. The Balaban J connectivity index is 2.49. The Kier molecular flexibility index (Phi) is 2.92. The van der Waals surface area contributed by atoms with Crippen LogP contribution in [0.15, 0.2) is 12.3 Å². The summed E-state index contributed by atoms with van der Waals surface area (Å²) in [6.07, 6.45) is 1.91. The van der Waals surface area contributed by atoms with Crippen LogP contribution in [0.5, 0.6) is 0 Å². The number of aryl methyl sites for hydroxylation is 3. The van der Waals surface area contributed by atoms with Crippen molar-refractivity contribution in [3.8, 4) is 5.82 Å². The largest absolute Gasteiger partial charge is 0.238 e. The lowest BCUT2D eigenvalue weighted by molar-refractivity contribution is 0.811. The highest BCUT2D eigenvalue weighted by atomic mass is 35.5. The van der Waals surface area contributed by atoms with Crippen LogP contribution in [0.2, 0.25) is 0 Å². The third kappa shape index (κ3) is 2.07. The third-order valence-electron chi connectivity index (χ3n) is 2.33. The van der Waals surface area contributed by atoms with Crippen LogP contribution < -0.4 is 0 Å². The second kappa shape index (κ2) is 4.22. The van der Waals surface area contributed by atoms with Gasteiger partial charge in [-0.2, -0.15) is 5.10 Å². The maximum absolute atomic E-state index is 5.81. The molecule has 0 aliphatic heterocycles. The lowest BCUT2D eigenvalue weighted by Crippen LogP contribution is -2.02. The molecule has 0 saturated carbocycles. The van der Waals surface area contributed by atoms with E-state index in [1.807, 2.05) is 33.0 Å². The zero-order valence-corrected chi connectivity index (χ0v) is 10.3. The number of halogens is 1. The van der Waals surface area contributed by atoms with Gasteiger partial charge in [0.05, 0.1) is 11.6 Å². The second-order valence-electron chi connectivity index (χ2n) is 3.73. The van der Waals surface area contributed by atoms with Crippen molar-refractivity contribution in [2.45, 2.75) is 26.7 Å². The molecule has 84 valence electrons. The van der Waals surface area contributed by atoms with Crippen molar-refractivity contribution >= 4 is 11.6 Å². The molecular weight excluding hydrogens is 224 g/mol. The summed E-state index contributed by atoms with van der Waals surface area (Å²) < 4.78 is 1.74. The van der Waals surface area contributed by atoms with Gasteiger partial charge in [0, 0.05) is 23.5 Å². The van der Waals surface area contributed by atoms with E-state index >= 15 is 0 Å². The van der Waals surface area contributed by atoms with Crippen molar-refractivity contribution in [3.05, 3.63) is 35.0 Å². The zero-order valence-electron chi connectivity index (χ0n) is 9.53. The first kappa shape index (κ1) is 11.1. The fourth-order valence-corrected chi connectivity index (χ4v) is 1.82. The summed E-state index contributed by atoms with van der Waals surface area (Å²) in [7, 11) is 0. The van der Waals surface area contributed by atoms with Gasteiger partial charge in [-0.3, -0.25) is 0 Å². The maximum Gasteiger partial charge on any atom is 0.157 e. The van der Waals surface area contributed by atoms with Gasteiger partial charge in [-0.15, -0.1) is 11.6 Å². The summed E-state index contributed by atoms with van der Waals surface area (Å²) in [4.78, 5) is 8.57. The lowest BCUT2D eigenvalue weighted by Gasteiger charge is -2.02. The number of alkyl halides is 1. The van der Waals surface area contributed by atoms with Gasteiger partial charge in [-0.05, 0) is 20.8 Å². The molecule has 0 bridgehead atoms. The molecule has 16 heavy (non-hydrogen) atoms. The summed E-state index contributed by atoms with van der Waals surface area (Å²) in [6.45, 7) is 5.75. The van der Waals surface area contributed by atoms with E-state index in [9.17, 15) is 0 Å². The molecule has 2 heterocycles. The van der Waals surface area contributed by atoms with E-state index in [-0.39, 0.29) is 0 Å². The minimum Gasteiger partial charge on any atom is -0.238 e. The molecule has 0 atom stereocenters. The second-order valence-corrected chi connectivity index (χ2v) is 4.00. The van der Waals surface area contributed by atoms with Crippen molar-refractivity contribution in [1.82, 2.24) is 19.7 Å². The molecule has 0 radical (unpaired) electrons. The van der Waals surface area contributed by atoms with Crippen LogP contribution in [0, 0.1) is 20.8 Å². The Morgan fingerprint density at radius 1 is 1.25 bits per heavy atom. The molecule has 4 nitrogen and oxygen atoms in total. The van der Waals surface area contributed by atoms with Gasteiger partial charge in [0.1, 0.15) is 5.82 Å². The van der Waals surface area contributed by atoms with E-state index in [2.05, 4.69) is 15.1 Å². The first-order valence-electron chi connectivity index (χ1n) is 5.04. The number of hydrogen-bond donors (Lipinski definition) is 0. The van der Waals surface area contributed by atoms with Crippen LogP contribution in [0.4, 0.5) is 0 Å². The Morgan fingerprint density at radius 3 is 2.56 bits per heavy atom. The highest BCUT2D eigenvalue weighted by Gasteiger charge is 2.07. The summed E-state index contributed by atoms with van der Waals surface area (Å²) in [5, 5.41) is 4.38. The molecular formula is C11H13ClN4. The molecule has 0 unspecified atom stereocenters. The van der Waals surface area contributed by atoms with E-state index in [0.29, 0.717) is 5.88 Å². The van der Waals surface area contributed by atoms with Crippen LogP contribution in [-0.4, -0.2) is 19.7 Å². The molecule has 0 aliphatic rings. The van der Waals surface area contributed by atoms with E-state index in [4.69, 9.17) is 11.6 Å². The first-order chi connectivity index (χ1) is 7.60. The number of aromatic nitrogens is 4. The molecule has 0 saturated heterocycles. The average molecular weight is 237 g/mol. The molecule has 0 aliphatic carbocycles. The number of nitrogens with zero attached hydrogens (tertiary/aromatic N) is 4. The third-order valence-corrected chi connectivity index (χ3v) is 2.62. The highest BCUT2D eigenvalue weighted by molar-refractivity contribution is 6.17. The van der Waals surface area contributed by atoms with Crippen LogP contribution in [0.1, 0.15) is 22.8 Å². The van der Waals surface area contributed by atoms with E-state index in [1.54, 1.807) is 4.68 Å². The molecule has 2 rings (SSSR count). The van der Waals surface area contributed by atoms with E-state index in [0.717, 1.165) is 28.6 Å². The minimum atomic E-state index is 0.467. The summed E-state index contributed by atoms with van der Waals surface area (Å²) in [6, 6.07) is 1.90.